The third-order valence-corrected chi connectivity index (χ3v) is 1.49. The zero-order chi connectivity index (χ0) is 9.68. The van der Waals surface area contributed by atoms with Crippen LogP contribution in [0.5, 0.6) is 0 Å². The maximum atomic E-state index is 11.4. The quantitative estimate of drug-likeness (QED) is 0.749. The molecule has 0 aliphatic heterocycles. The third kappa shape index (κ3) is 3.25. The molecular formula is C10H13N2O. The van der Waals surface area contributed by atoms with Gasteiger partial charge in [0.05, 0.1) is 0 Å². The maximum Gasteiger partial charge on any atom is 0.252 e. The molecule has 0 fully saturated rings. The van der Waals surface area contributed by atoms with E-state index in [1.807, 2.05) is 32.3 Å². The molecule has 1 aromatic rings. The predicted octanol–water partition coefficient (Wildman–Crippen LogP) is 1.10. The van der Waals surface area contributed by atoms with Crippen LogP contribution < -0.4 is 5.32 Å². The average molecular weight is 177 g/mol. The van der Waals surface area contributed by atoms with Crippen LogP contribution >= 0.6 is 0 Å². The van der Waals surface area contributed by atoms with Crippen LogP contribution in [0.25, 0.3) is 0 Å². The van der Waals surface area contributed by atoms with E-state index in [1.54, 1.807) is 23.7 Å². The molecule has 0 saturated carbocycles. The summed E-state index contributed by atoms with van der Waals surface area (Å²) in [7, 11) is 3.70. The zero-order valence-electron chi connectivity index (χ0n) is 7.82. The fourth-order valence-electron chi connectivity index (χ4n) is 0.861. The lowest BCUT2D eigenvalue weighted by atomic mass is 10.2. The number of carbonyl (C=O) groups is 1. The molecule has 0 spiro atoms. The van der Waals surface area contributed by atoms with Gasteiger partial charge in [-0.1, -0.05) is 18.2 Å². The van der Waals surface area contributed by atoms with Crippen molar-refractivity contribution in [3.05, 3.63) is 42.6 Å². The van der Waals surface area contributed by atoms with Gasteiger partial charge < -0.3 is 5.32 Å². The fraction of sp³-hybridized carbons (Fsp3) is 0.200. The van der Waals surface area contributed by atoms with E-state index < -0.39 is 0 Å². The van der Waals surface area contributed by atoms with Gasteiger partial charge in [0.15, 0.2) is 0 Å². The van der Waals surface area contributed by atoms with Crippen LogP contribution in [-0.4, -0.2) is 24.9 Å². The summed E-state index contributed by atoms with van der Waals surface area (Å²) < 4.78 is 0. The van der Waals surface area contributed by atoms with E-state index in [0.29, 0.717) is 5.56 Å². The normalized spacial score (nSPS) is 10.1. The van der Waals surface area contributed by atoms with Gasteiger partial charge in [-0.3, -0.25) is 9.69 Å². The highest BCUT2D eigenvalue weighted by Gasteiger charge is 2.03. The number of carbonyl (C=O) groups excluding carboxylic acids is 1. The number of amides is 1. The Kier molecular flexibility index (Phi) is 3.46. The fourth-order valence-corrected chi connectivity index (χ4v) is 0.861. The summed E-state index contributed by atoms with van der Waals surface area (Å²) in [5.74, 6) is -0.0886. The molecule has 3 heteroatoms. The lowest BCUT2D eigenvalue weighted by Gasteiger charge is -2.09. The van der Waals surface area contributed by atoms with Gasteiger partial charge in [-0.05, 0) is 26.2 Å². The number of hydrogen-bond donors (Lipinski definition) is 1. The van der Waals surface area contributed by atoms with Gasteiger partial charge in [-0.25, -0.2) is 0 Å². The predicted molar refractivity (Wildman–Crippen MR) is 51.9 cm³/mol. The van der Waals surface area contributed by atoms with Crippen molar-refractivity contribution in [2.24, 2.45) is 0 Å². The van der Waals surface area contributed by atoms with Gasteiger partial charge in [-0.15, -0.1) is 0 Å². The summed E-state index contributed by atoms with van der Waals surface area (Å²) in [6.07, 6.45) is 0. The van der Waals surface area contributed by atoms with Gasteiger partial charge in [0.2, 0.25) is 0 Å². The molecule has 1 rings (SSSR count). The van der Waals surface area contributed by atoms with Crippen LogP contribution in [0.3, 0.4) is 0 Å². The Balaban J connectivity index is 2.50. The standard InChI is InChI=1S/C10H13N2O/c1-12(2)8-11-10(13)9-6-4-3-5-7-9/h3-8H,1-2H3,(H,11,13). The zero-order valence-corrected chi connectivity index (χ0v) is 7.82. The minimum Gasteiger partial charge on any atom is -0.333 e. The summed E-state index contributed by atoms with van der Waals surface area (Å²) in [5.41, 5.74) is 0.667. The summed E-state index contributed by atoms with van der Waals surface area (Å²) in [6, 6.07) is 9.11. The molecule has 1 amide bonds. The van der Waals surface area contributed by atoms with Crippen molar-refractivity contribution in [3.63, 3.8) is 0 Å². The van der Waals surface area contributed by atoms with Crippen LogP contribution in [-0.2, 0) is 0 Å². The number of rotatable bonds is 3. The molecule has 0 atom stereocenters. The van der Waals surface area contributed by atoms with Crippen LogP contribution in [0.15, 0.2) is 30.3 Å². The van der Waals surface area contributed by atoms with Gasteiger partial charge in [0.1, 0.15) is 6.67 Å². The number of benzene rings is 1. The molecule has 69 valence electrons. The van der Waals surface area contributed by atoms with Crippen LogP contribution in [0.1, 0.15) is 10.4 Å². The second-order valence-electron chi connectivity index (χ2n) is 2.93. The van der Waals surface area contributed by atoms with Crippen molar-refractivity contribution in [3.8, 4) is 0 Å². The molecule has 0 saturated heterocycles. The first kappa shape index (κ1) is 9.74. The molecule has 1 radical (unpaired) electrons. The first-order chi connectivity index (χ1) is 6.20. The van der Waals surface area contributed by atoms with Crippen LogP contribution in [0.4, 0.5) is 0 Å². The summed E-state index contributed by atoms with van der Waals surface area (Å²) in [6.45, 7) is 1.62. The highest BCUT2D eigenvalue weighted by atomic mass is 16.1. The first-order valence-corrected chi connectivity index (χ1v) is 4.06. The van der Waals surface area contributed by atoms with E-state index in [9.17, 15) is 4.79 Å². The van der Waals surface area contributed by atoms with Crippen LogP contribution in [0, 0.1) is 6.67 Å². The SMILES string of the molecule is CN(C)[CH]NC(=O)c1ccccc1. The Labute approximate surface area is 78.4 Å². The Morgan fingerprint density at radius 2 is 1.92 bits per heavy atom. The molecular weight excluding hydrogens is 164 g/mol. The number of hydrogen-bond acceptors (Lipinski definition) is 2. The molecule has 0 aliphatic rings. The molecule has 3 nitrogen and oxygen atoms in total. The minimum absolute atomic E-state index is 0.0886. The molecule has 1 aromatic carbocycles. The monoisotopic (exact) mass is 177 g/mol. The molecule has 0 bridgehead atoms. The summed E-state index contributed by atoms with van der Waals surface area (Å²) in [4.78, 5) is 13.2. The van der Waals surface area contributed by atoms with E-state index in [4.69, 9.17) is 0 Å². The molecule has 0 aromatic heterocycles. The van der Waals surface area contributed by atoms with Crippen molar-refractivity contribution in [2.75, 3.05) is 14.1 Å². The third-order valence-electron chi connectivity index (χ3n) is 1.49. The smallest absolute Gasteiger partial charge is 0.252 e. The number of nitrogens with one attached hydrogen (secondary N) is 1. The average Bonchev–Trinajstić information content (AvgIpc) is 2.15. The molecule has 13 heavy (non-hydrogen) atoms. The Morgan fingerprint density at radius 1 is 1.31 bits per heavy atom. The second kappa shape index (κ2) is 4.62. The Hall–Kier alpha value is -1.35. The van der Waals surface area contributed by atoms with Crippen molar-refractivity contribution in [1.82, 2.24) is 10.2 Å². The van der Waals surface area contributed by atoms with E-state index >= 15 is 0 Å². The van der Waals surface area contributed by atoms with Gasteiger partial charge >= 0.3 is 0 Å². The topological polar surface area (TPSA) is 32.3 Å². The minimum atomic E-state index is -0.0886. The van der Waals surface area contributed by atoms with Crippen molar-refractivity contribution in [2.45, 2.75) is 0 Å². The van der Waals surface area contributed by atoms with E-state index in [0.717, 1.165) is 0 Å². The van der Waals surface area contributed by atoms with Crippen LogP contribution in [0.2, 0.25) is 0 Å². The molecule has 0 heterocycles. The summed E-state index contributed by atoms with van der Waals surface area (Å²) >= 11 is 0. The number of nitrogens with zero attached hydrogens (tertiary/aromatic N) is 1. The lowest BCUT2D eigenvalue weighted by molar-refractivity contribution is 0.0953. The van der Waals surface area contributed by atoms with E-state index in [-0.39, 0.29) is 5.91 Å². The Morgan fingerprint density at radius 3 is 2.46 bits per heavy atom. The van der Waals surface area contributed by atoms with Gasteiger partial charge in [-0.2, -0.15) is 0 Å². The Bertz CT molecular complexity index is 270. The van der Waals surface area contributed by atoms with Crippen molar-refractivity contribution < 1.29 is 4.79 Å². The van der Waals surface area contributed by atoms with Crippen molar-refractivity contribution >= 4 is 5.91 Å². The van der Waals surface area contributed by atoms with Gasteiger partial charge in [0, 0.05) is 5.56 Å². The van der Waals surface area contributed by atoms with E-state index in [2.05, 4.69) is 5.32 Å². The second-order valence-corrected chi connectivity index (χ2v) is 2.93. The molecule has 1 N–H and O–H groups in total. The molecule has 0 aliphatic carbocycles. The largest absolute Gasteiger partial charge is 0.333 e. The lowest BCUT2D eigenvalue weighted by Crippen LogP contribution is -2.27. The van der Waals surface area contributed by atoms with Gasteiger partial charge in [0.25, 0.3) is 5.91 Å². The maximum absolute atomic E-state index is 11.4. The highest BCUT2D eigenvalue weighted by Crippen LogP contribution is 1.97. The molecule has 0 unspecified atom stereocenters. The van der Waals surface area contributed by atoms with Crippen molar-refractivity contribution in [1.29, 1.82) is 0 Å². The highest BCUT2D eigenvalue weighted by molar-refractivity contribution is 5.94. The van der Waals surface area contributed by atoms with E-state index in [1.165, 1.54) is 0 Å². The first-order valence-electron chi connectivity index (χ1n) is 4.06. The summed E-state index contributed by atoms with van der Waals surface area (Å²) in [5, 5.41) is 2.66.